The van der Waals surface area contributed by atoms with Gasteiger partial charge in [0.15, 0.2) is 40.7 Å². The number of hydrogen-bond acceptors (Lipinski definition) is 5. The molecule has 2 aromatic rings. The van der Waals surface area contributed by atoms with Gasteiger partial charge in [-0.15, -0.1) is 0 Å². The molecule has 1 aliphatic rings. The first-order valence-corrected chi connectivity index (χ1v) is 12.5. The summed E-state index contributed by atoms with van der Waals surface area (Å²) in [6.07, 6.45) is 8.64. The fraction of sp³-hybridized carbons (Fsp3) is 0.429. The van der Waals surface area contributed by atoms with E-state index in [-0.39, 0.29) is 30.0 Å². The van der Waals surface area contributed by atoms with Gasteiger partial charge in [0, 0.05) is 18.8 Å². The Kier molecular flexibility index (Phi) is 10.7. The maximum atomic E-state index is 14.4. The summed E-state index contributed by atoms with van der Waals surface area (Å²) in [7, 11) is 1.31. The number of benzene rings is 2. The van der Waals surface area contributed by atoms with Gasteiger partial charge in [0.25, 0.3) is 0 Å². The second-order valence-corrected chi connectivity index (χ2v) is 9.33. The number of methoxy groups -OCH3 is 1. The summed E-state index contributed by atoms with van der Waals surface area (Å²) in [6.45, 7) is -0.866. The van der Waals surface area contributed by atoms with Crippen LogP contribution in [0.3, 0.4) is 0 Å². The SMILES string of the molecule is COC(=O)CC/C=C\CCC[C@H]1C(=O)CC[C@@H]1/C=C/[C@@H](O)COc1c(F)c(F)c(F)c2c(F)c(F)c(F)c(F)c12. The Morgan fingerprint density at radius 2 is 1.52 bits per heavy atom. The molecule has 40 heavy (non-hydrogen) atoms. The van der Waals surface area contributed by atoms with Gasteiger partial charge in [-0.2, -0.15) is 4.39 Å². The fourth-order valence-corrected chi connectivity index (χ4v) is 4.63. The minimum Gasteiger partial charge on any atom is -0.487 e. The normalized spacial score (nSPS) is 18.4. The van der Waals surface area contributed by atoms with E-state index in [4.69, 9.17) is 4.74 Å². The van der Waals surface area contributed by atoms with Crippen molar-refractivity contribution in [2.45, 2.75) is 51.0 Å². The van der Waals surface area contributed by atoms with Crippen molar-refractivity contribution in [3.8, 4) is 5.75 Å². The van der Waals surface area contributed by atoms with Crippen LogP contribution in [0.15, 0.2) is 24.3 Å². The minimum atomic E-state index is -2.42. The van der Waals surface area contributed by atoms with E-state index < -0.39 is 70.0 Å². The van der Waals surface area contributed by atoms with Gasteiger partial charge in [-0.3, -0.25) is 9.59 Å². The van der Waals surface area contributed by atoms with E-state index in [0.717, 1.165) is 0 Å². The zero-order valence-corrected chi connectivity index (χ0v) is 21.4. The lowest BCUT2D eigenvalue weighted by atomic mass is 9.90. The summed E-state index contributed by atoms with van der Waals surface area (Å²) in [4.78, 5) is 23.4. The number of unbranched alkanes of at least 4 members (excludes halogenated alkanes) is 1. The number of fused-ring (bicyclic) bond motifs is 1. The van der Waals surface area contributed by atoms with Crippen molar-refractivity contribution in [2.75, 3.05) is 13.7 Å². The highest BCUT2D eigenvalue weighted by Crippen LogP contribution is 2.39. The molecule has 1 aliphatic carbocycles. The van der Waals surface area contributed by atoms with E-state index in [1.165, 1.54) is 13.2 Å². The number of hydrogen-bond donors (Lipinski definition) is 1. The number of aliphatic hydroxyl groups excluding tert-OH is 1. The average molecular weight is 577 g/mol. The molecule has 0 heterocycles. The highest BCUT2D eigenvalue weighted by molar-refractivity contribution is 5.90. The van der Waals surface area contributed by atoms with Crippen LogP contribution >= 0.6 is 0 Å². The number of ether oxygens (including phenoxy) is 2. The number of ketones is 1. The monoisotopic (exact) mass is 576 g/mol. The van der Waals surface area contributed by atoms with Crippen LogP contribution in [0.2, 0.25) is 0 Å². The summed E-state index contributed by atoms with van der Waals surface area (Å²) >= 11 is 0. The van der Waals surface area contributed by atoms with Crippen molar-refractivity contribution in [3.05, 3.63) is 65.0 Å². The van der Waals surface area contributed by atoms with E-state index in [1.54, 1.807) is 6.08 Å². The third-order valence-corrected chi connectivity index (χ3v) is 6.73. The van der Waals surface area contributed by atoms with E-state index in [9.17, 15) is 45.4 Å². The summed E-state index contributed by atoms with van der Waals surface area (Å²) < 4.78 is 108. The van der Waals surface area contributed by atoms with Crippen molar-refractivity contribution in [2.24, 2.45) is 11.8 Å². The van der Waals surface area contributed by atoms with Crippen molar-refractivity contribution in [3.63, 3.8) is 0 Å². The number of esters is 1. The molecule has 218 valence electrons. The van der Waals surface area contributed by atoms with Crippen LogP contribution in [0.5, 0.6) is 5.75 Å². The van der Waals surface area contributed by atoms with Gasteiger partial charge in [-0.05, 0) is 38.0 Å². The summed E-state index contributed by atoms with van der Waals surface area (Å²) in [5, 5.41) is 7.08. The predicted octanol–water partition coefficient (Wildman–Crippen LogP) is 6.38. The third-order valence-electron chi connectivity index (χ3n) is 6.73. The second kappa shape index (κ2) is 13.8. The number of rotatable bonds is 12. The summed E-state index contributed by atoms with van der Waals surface area (Å²) in [5.74, 6) is -18.2. The first-order chi connectivity index (χ1) is 19.0. The quantitative estimate of drug-likeness (QED) is 0.0793. The molecule has 1 saturated carbocycles. The van der Waals surface area contributed by atoms with Crippen LogP contribution in [0.25, 0.3) is 10.8 Å². The number of Topliss-reactive ketones (excluding diaryl/α,β-unsaturated/α-hetero) is 1. The van der Waals surface area contributed by atoms with Crippen LogP contribution in [-0.4, -0.2) is 36.7 Å². The Bertz CT molecular complexity index is 1320. The van der Waals surface area contributed by atoms with Gasteiger partial charge in [0.05, 0.1) is 17.9 Å². The van der Waals surface area contributed by atoms with Crippen LogP contribution < -0.4 is 4.74 Å². The molecule has 0 spiro atoms. The Hall–Kier alpha value is -3.41. The fourth-order valence-electron chi connectivity index (χ4n) is 4.63. The number of allylic oxidation sites excluding steroid dienone is 3. The minimum absolute atomic E-state index is 0.0529. The van der Waals surface area contributed by atoms with Crippen LogP contribution in [0, 0.1) is 52.6 Å². The standard InChI is InChI=1S/C28H27F7O5/c1-39-18(38)8-6-4-2-3-5-7-16-14(10-12-17(16)37)9-11-15(36)13-40-28-20-19(22(30)26(34)27(28)35)21(29)24(32)25(33)23(20)31/h2,4,9,11,14-16,36H,3,5-8,10,12-13H2,1H3/b4-2-,11-9+/t14-,15+,16+/m0/s1. The molecule has 3 atom stereocenters. The molecule has 0 unspecified atom stereocenters. The Morgan fingerprint density at radius 1 is 0.925 bits per heavy atom. The summed E-state index contributed by atoms with van der Waals surface area (Å²) in [6, 6.07) is 0. The van der Waals surface area contributed by atoms with Gasteiger partial charge < -0.3 is 14.6 Å². The van der Waals surface area contributed by atoms with Gasteiger partial charge in [0.2, 0.25) is 5.82 Å². The molecule has 0 aliphatic heterocycles. The number of carbonyl (C=O) groups excluding carboxylic acids is 2. The van der Waals surface area contributed by atoms with Crippen LogP contribution in [0.1, 0.15) is 44.9 Å². The summed E-state index contributed by atoms with van der Waals surface area (Å²) in [5.41, 5.74) is 0. The second-order valence-electron chi connectivity index (χ2n) is 9.33. The zero-order chi connectivity index (χ0) is 29.6. The van der Waals surface area contributed by atoms with Crippen LogP contribution in [-0.2, 0) is 14.3 Å². The first-order valence-electron chi connectivity index (χ1n) is 12.5. The Balaban J connectivity index is 1.64. The lowest BCUT2D eigenvalue weighted by Gasteiger charge is -2.17. The van der Waals surface area contributed by atoms with E-state index in [2.05, 4.69) is 4.74 Å². The molecular weight excluding hydrogens is 549 g/mol. The van der Waals surface area contributed by atoms with Crippen molar-refractivity contribution in [1.82, 2.24) is 0 Å². The van der Waals surface area contributed by atoms with Crippen molar-refractivity contribution < 1.29 is 54.9 Å². The Labute approximate surface area is 225 Å². The van der Waals surface area contributed by atoms with E-state index >= 15 is 0 Å². The van der Waals surface area contributed by atoms with E-state index in [1.807, 2.05) is 12.2 Å². The first kappa shape index (κ1) is 31.1. The smallest absolute Gasteiger partial charge is 0.305 e. The average Bonchev–Trinajstić information content (AvgIpc) is 3.29. The molecule has 2 aromatic carbocycles. The molecular formula is C28H27F7O5. The van der Waals surface area contributed by atoms with Gasteiger partial charge >= 0.3 is 5.97 Å². The number of halogens is 7. The molecule has 5 nitrogen and oxygen atoms in total. The van der Waals surface area contributed by atoms with Gasteiger partial charge in [-0.25, -0.2) is 26.3 Å². The van der Waals surface area contributed by atoms with Gasteiger partial charge in [0.1, 0.15) is 18.5 Å². The molecule has 3 rings (SSSR count). The van der Waals surface area contributed by atoms with Crippen molar-refractivity contribution >= 4 is 22.5 Å². The van der Waals surface area contributed by atoms with E-state index in [0.29, 0.717) is 38.5 Å². The maximum Gasteiger partial charge on any atom is 0.305 e. The molecule has 1 fully saturated rings. The largest absolute Gasteiger partial charge is 0.487 e. The van der Waals surface area contributed by atoms with Crippen molar-refractivity contribution in [1.29, 1.82) is 0 Å². The molecule has 0 amide bonds. The molecule has 0 radical (unpaired) electrons. The van der Waals surface area contributed by atoms with Crippen LogP contribution in [0.4, 0.5) is 30.7 Å². The number of aliphatic hydroxyl groups is 1. The zero-order valence-electron chi connectivity index (χ0n) is 21.4. The predicted molar refractivity (Wildman–Crippen MR) is 130 cm³/mol. The molecule has 0 aromatic heterocycles. The Morgan fingerprint density at radius 3 is 2.17 bits per heavy atom. The lowest BCUT2D eigenvalue weighted by molar-refractivity contribution is -0.140. The molecule has 0 bridgehead atoms. The van der Waals surface area contributed by atoms with Gasteiger partial charge in [-0.1, -0.05) is 24.3 Å². The lowest BCUT2D eigenvalue weighted by Crippen LogP contribution is -2.18. The third kappa shape index (κ3) is 6.83. The molecule has 12 heteroatoms. The molecule has 0 saturated heterocycles. The topological polar surface area (TPSA) is 72.8 Å². The highest BCUT2D eigenvalue weighted by Gasteiger charge is 2.33. The highest BCUT2D eigenvalue weighted by atomic mass is 19.2. The maximum absolute atomic E-state index is 14.4. The number of carbonyl (C=O) groups is 2. The molecule has 1 N–H and O–H groups in total.